The van der Waals surface area contributed by atoms with Crippen LogP contribution in [0, 0.1) is 0 Å². The molecule has 0 spiro atoms. The van der Waals surface area contributed by atoms with Crippen LogP contribution in [0.1, 0.15) is 25.0 Å². The molecule has 12 rings (SSSR count). The van der Waals surface area contributed by atoms with Gasteiger partial charge in [0.1, 0.15) is 11.2 Å². The van der Waals surface area contributed by atoms with Crippen LogP contribution in [-0.2, 0) is 5.41 Å². The van der Waals surface area contributed by atoms with E-state index in [-0.39, 0.29) is 5.41 Å². The molecule has 0 aliphatic heterocycles. The Morgan fingerprint density at radius 3 is 1.93 bits per heavy atom. The first kappa shape index (κ1) is 31.3. The largest absolute Gasteiger partial charge is 0.456 e. The first-order chi connectivity index (χ1) is 27.5. The lowest BCUT2D eigenvalue weighted by atomic mass is 9.82. The van der Waals surface area contributed by atoms with Crippen LogP contribution >= 0.6 is 0 Å². The summed E-state index contributed by atoms with van der Waals surface area (Å²) in [4.78, 5) is 2.43. The van der Waals surface area contributed by atoms with Crippen LogP contribution in [0.2, 0.25) is 0 Å². The standard InChI is InChI=1S/C53H36N2O/c1-53(2)46-31-36(54(48-20-11-14-33-12-3-5-15-38(33)48)35-25-29-51-45(30-35)43-18-8-10-21-50(43)56-51)23-27-40(46)41-28-24-37(32-47(41)53)55-49-19-9-7-17-42(49)44-26-22-34-13-4-6-16-39(34)52(44)55/h3-32H,1-2H3. The average Bonchev–Trinajstić information content (AvgIpc) is 3.86. The van der Waals surface area contributed by atoms with Gasteiger partial charge >= 0.3 is 0 Å². The molecular formula is C53H36N2O. The SMILES string of the molecule is CC1(C)c2cc(N(c3ccc4oc5ccccc5c4c3)c3cccc4ccccc34)ccc2-c2ccc(-n3c4ccccc4c4ccc5ccccc5c43)cc21. The summed E-state index contributed by atoms with van der Waals surface area (Å²) in [6.45, 7) is 4.77. The van der Waals surface area contributed by atoms with E-state index in [0.29, 0.717) is 0 Å². The highest BCUT2D eigenvalue weighted by Crippen LogP contribution is 2.52. The maximum Gasteiger partial charge on any atom is 0.135 e. The lowest BCUT2D eigenvalue weighted by Crippen LogP contribution is -2.17. The van der Waals surface area contributed by atoms with Gasteiger partial charge in [-0.15, -0.1) is 0 Å². The van der Waals surface area contributed by atoms with Crippen LogP contribution in [0.15, 0.2) is 186 Å². The number of para-hydroxylation sites is 2. The summed E-state index contributed by atoms with van der Waals surface area (Å²) < 4.78 is 8.76. The van der Waals surface area contributed by atoms with Crippen molar-refractivity contribution in [2.45, 2.75) is 19.3 Å². The van der Waals surface area contributed by atoms with Crippen molar-refractivity contribution in [3.63, 3.8) is 0 Å². The van der Waals surface area contributed by atoms with Gasteiger partial charge in [0.2, 0.25) is 0 Å². The Balaban J connectivity index is 1.05. The topological polar surface area (TPSA) is 21.3 Å². The van der Waals surface area contributed by atoms with Crippen molar-refractivity contribution < 1.29 is 4.42 Å². The van der Waals surface area contributed by atoms with E-state index < -0.39 is 0 Å². The van der Waals surface area contributed by atoms with Gasteiger partial charge in [-0.1, -0.05) is 135 Å². The Morgan fingerprint density at radius 1 is 0.446 bits per heavy atom. The summed E-state index contributed by atoms with van der Waals surface area (Å²) in [5.74, 6) is 0. The number of aromatic nitrogens is 1. The molecule has 2 aromatic heterocycles. The summed E-state index contributed by atoms with van der Waals surface area (Å²) in [5.41, 5.74) is 13.9. The summed E-state index contributed by atoms with van der Waals surface area (Å²) in [6.07, 6.45) is 0. The van der Waals surface area contributed by atoms with Crippen molar-refractivity contribution in [3.05, 3.63) is 193 Å². The normalized spacial score (nSPS) is 13.3. The first-order valence-electron chi connectivity index (χ1n) is 19.4. The highest BCUT2D eigenvalue weighted by Gasteiger charge is 2.37. The second-order valence-electron chi connectivity index (χ2n) is 15.7. The van der Waals surface area contributed by atoms with E-state index in [1.165, 1.54) is 71.3 Å². The minimum atomic E-state index is -0.243. The monoisotopic (exact) mass is 716 g/mol. The number of hydrogen-bond donors (Lipinski definition) is 0. The molecule has 56 heavy (non-hydrogen) atoms. The Bertz CT molecular complexity index is 3410. The Kier molecular flexibility index (Phi) is 6.40. The zero-order chi connectivity index (χ0) is 37.1. The lowest BCUT2D eigenvalue weighted by Gasteiger charge is -2.29. The third kappa shape index (κ3) is 4.34. The molecule has 0 saturated heterocycles. The smallest absolute Gasteiger partial charge is 0.135 e. The summed E-state index contributed by atoms with van der Waals surface area (Å²) in [6, 6.07) is 66.5. The van der Waals surface area contributed by atoms with Crippen LogP contribution in [-0.4, -0.2) is 4.57 Å². The van der Waals surface area contributed by atoms with Crippen LogP contribution in [0.5, 0.6) is 0 Å². The van der Waals surface area contributed by atoms with E-state index in [1.54, 1.807) is 0 Å². The van der Waals surface area contributed by atoms with E-state index in [4.69, 9.17) is 4.42 Å². The molecule has 9 aromatic carbocycles. The van der Waals surface area contributed by atoms with Crippen molar-refractivity contribution in [2.75, 3.05) is 4.90 Å². The summed E-state index contributed by atoms with van der Waals surface area (Å²) in [5, 5.41) is 9.73. The van der Waals surface area contributed by atoms with Gasteiger partial charge < -0.3 is 13.9 Å². The molecule has 0 atom stereocenters. The molecule has 3 nitrogen and oxygen atoms in total. The molecule has 0 N–H and O–H groups in total. The third-order valence-electron chi connectivity index (χ3n) is 12.3. The van der Waals surface area contributed by atoms with E-state index >= 15 is 0 Å². The molecule has 11 aromatic rings. The Morgan fingerprint density at radius 2 is 1.07 bits per heavy atom. The van der Waals surface area contributed by atoms with Crippen molar-refractivity contribution in [2.24, 2.45) is 0 Å². The maximum absolute atomic E-state index is 6.28. The van der Waals surface area contributed by atoms with Gasteiger partial charge in [0, 0.05) is 54.8 Å². The van der Waals surface area contributed by atoms with E-state index in [0.717, 1.165) is 39.0 Å². The molecule has 0 unspecified atom stereocenters. The van der Waals surface area contributed by atoms with Crippen LogP contribution < -0.4 is 4.90 Å². The number of nitrogens with zero attached hydrogens (tertiary/aromatic N) is 2. The number of furan rings is 1. The van der Waals surface area contributed by atoms with E-state index in [1.807, 2.05) is 12.1 Å². The van der Waals surface area contributed by atoms with Gasteiger partial charge in [0.05, 0.1) is 16.7 Å². The lowest BCUT2D eigenvalue weighted by molar-refractivity contribution is 0.660. The predicted molar refractivity (Wildman–Crippen MR) is 235 cm³/mol. The van der Waals surface area contributed by atoms with Crippen molar-refractivity contribution >= 4 is 82.4 Å². The van der Waals surface area contributed by atoms with Gasteiger partial charge in [0.25, 0.3) is 0 Å². The third-order valence-corrected chi connectivity index (χ3v) is 12.3. The second-order valence-corrected chi connectivity index (χ2v) is 15.7. The summed E-state index contributed by atoms with van der Waals surface area (Å²) >= 11 is 0. The fourth-order valence-electron chi connectivity index (χ4n) is 9.67. The van der Waals surface area contributed by atoms with Gasteiger partial charge in [-0.25, -0.2) is 0 Å². The number of fused-ring (bicyclic) bond motifs is 12. The number of anilines is 3. The molecule has 3 heteroatoms. The molecule has 0 radical (unpaired) electrons. The number of rotatable bonds is 4. The van der Waals surface area contributed by atoms with E-state index in [2.05, 4.69) is 193 Å². The van der Waals surface area contributed by atoms with Crippen molar-refractivity contribution in [3.8, 4) is 16.8 Å². The highest BCUT2D eigenvalue weighted by molar-refractivity contribution is 6.18. The van der Waals surface area contributed by atoms with E-state index in [9.17, 15) is 0 Å². The molecule has 2 heterocycles. The van der Waals surface area contributed by atoms with Crippen molar-refractivity contribution in [1.82, 2.24) is 4.57 Å². The molecule has 0 amide bonds. The van der Waals surface area contributed by atoms with Gasteiger partial charge in [0.15, 0.2) is 0 Å². The number of benzene rings is 9. The van der Waals surface area contributed by atoms with Gasteiger partial charge in [-0.3, -0.25) is 0 Å². The molecule has 1 aliphatic carbocycles. The molecule has 0 fully saturated rings. The van der Waals surface area contributed by atoms with Crippen LogP contribution in [0.4, 0.5) is 17.1 Å². The van der Waals surface area contributed by atoms with Crippen molar-refractivity contribution in [1.29, 1.82) is 0 Å². The molecule has 264 valence electrons. The van der Waals surface area contributed by atoms with Crippen LogP contribution in [0.3, 0.4) is 0 Å². The zero-order valence-corrected chi connectivity index (χ0v) is 31.1. The van der Waals surface area contributed by atoms with Gasteiger partial charge in [-0.05, 0) is 93.7 Å². The molecular weight excluding hydrogens is 681 g/mol. The predicted octanol–water partition coefficient (Wildman–Crippen LogP) is 14.8. The Labute approximate surface area is 324 Å². The van der Waals surface area contributed by atoms with Gasteiger partial charge in [-0.2, -0.15) is 0 Å². The fourth-order valence-corrected chi connectivity index (χ4v) is 9.67. The minimum Gasteiger partial charge on any atom is -0.456 e. The summed E-state index contributed by atoms with van der Waals surface area (Å²) in [7, 11) is 0. The zero-order valence-electron chi connectivity index (χ0n) is 31.1. The number of hydrogen-bond acceptors (Lipinski definition) is 2. The van der Waals surface area contributed by atoms with Crippen LogP contribution in [0.25, 0.3) is 82.1 Å². The minimum absolute atomic E-state index is 0.243. The maximum atomic E-state index is 6.28. The fraction of sp³-hybridized carbons (Fsp3) is 0.0566. The quantitative estimate of drug-likeness (QED) is 0.181. The average molecular weight is 717 g/mol. The highest BCUT2D eigenvalue weighted by atomic mass is 16.3. The Hall–Kier alpha value is -7.10. The second kappa shape index (κ2) is 11.5. The molecule has 0 saturated carbocycles. The molecule has 0 bridgehead atoms. The first-order valence-corrected chi connectivity index (χ1v) is 19.4. The molecule has 1 aliphatic rings.